The van der Waals surface area contributed by atoms with Crippen molar-refractivity contribution in [2.24, 2.45) is 5.10 Å². The van der Waals surface area contributed by atoms with Crippen LogP contribution in [0.15, 0.2) is 119 Å². The number of hydrogen-bond acceptors (Lipinski definition) is 6. The third kappa shape index (κ3) is 7.21. The quantitative estimate of drug-likeness (QED) is 0.115. The summed E-state index contributed by atoms with van der Waals surface area (Å²) in [7, 11) is 1.59. The van der Waals surface area contributed by atoms with Crippen LogP contribution in [0.4, 0.5) is 11.4 Å². The fourth-order valence-electron chi connectivity index (χ4n) is 4.08. The molecule has 43 heavy (non-hydrogen) atoms. The zero-order valence-corrected chi connectivity index (χ0v) is 24.4. The van der Waals surface area contributed by atoms with Crippen molar-refractivity contribution in [2.75, 3.05) is 17.7 Å². The van der Waals surface area contributed by atoms with E-state index in [-0.39, 0.29) is 11.3 Å². The number of para-hydroxylation sites is 2. The fourth-order valence-corrected chi connectivity index (χ4v) is 4.34. The molecule has 3 amide bonds. The van der Waals surface area contributed by atoms with Crippen molar-refractivity contribution in [3.8, 4) is 22.7 Å². The lowest BCUT2D eigenvalue weighted by Gasteiger charge is -2.11. The zero-order valence-electron chi connectivity index (χ0n) is 22.8. The number of hydrogen-bond donors (Lipinski definition) is 3. The van der Waals surface area contributed by atoms with Crippen molar-refractivity contribution in [2.45, 2.75) is 0 Å². The minimum Gasteiger partial charge on any atom is -0.497 e. The normalized spacial score (nSPS) is 10.7. The monoisotopic (exact) mass is 636 g/mol. The third-order valence-corrected chi connectivity index (χ3v) is 6.75. The number of carbonyl (C=O) groups excluding carboxylic acids is 3. The predicted octanol–water partition coefficient (Wildman–Crippen LogP) is 5.65. The molecule has 1 aromatic heterocycles. The highest BCUT2D eigenvalue weighted by Gasteiger charge is 2.18. The van der Waals surface area contributed by atoms with Crippen molar-refractivity contribution in [1.29, 1.82) is 0 Å². The van der Waals surface area contributed by atoms with Crippen LogP contribution in [0.5, 0.6) is 5.75 Å². The van der Waals surface area contributed by atoms with Crippen LogP contribution in [-0.4, -0.2) is 40.8 Å². The van der Waals surface area contributed by atoms with Crippen molar-refractivity contribution in [3.63, 3.8) is 0 Å². The van der Waals surface area contributed by atoms with Gasteiger partial charge in [-0.25, -0.2) is 10.1 Å². The van der Waals surface area contributed by atoms with E-state index in [1.165, 1.54) is 12.3 Å². The van der Waals surface area contributed by atoms with Crippen LogP contribution in [0.1, 0.15) is 15.9 Å². The summed E-state index contributed by atoms with van der Waals surface area (Å²) in [6.45, 7) is 0. The first-order valence-corrected chi connectivity index (χ1v) is 13.8. The molecule has 0 aliphatic rings. The number of anilines is 2. The molecule has 0 bridgehead atoms. The average molecular weight is 637 g/mol. The van der Waals surface area contributed by atoms with Gasteiger partial charge in [-0.1, -0.05) is 46.3 Å². The first-order valence-electron chi connectivity index (χ1n) is 13.0. The summed E-state index contributed by atoms with van der Waals surface area (Å²) in [6.07, 6.45) is 3.18. The molecule has 3 N–H and O–H groups in total. The summed E-state index contributed by atoms with van der Waals surface area (Å²) in [5.74, 6) is -1.75. The summed E-state index contributed by atoms with van der Waals surface area (Å²) in [6, 6.07) is 30.3. The topological polar surface area (TPSA) is 127 Å². The van der Waals surface area contributed by atoms with E-state index in [1.807, 2.05) is 54.6 Å². The van der Waals surface area contributed by atoms with Crippen LogP contribution < -0.4 is 20.8 Å². The molecule has 0 fully saturated rings. The molecule has 0 aliphatic heterocycles. The van der Waals surface area contributed by atoms with E-state index in [4.69, 9.17) is 9.84 Å². The van der Waals surface area contributed by atoms with Gasteiger partial charge in [-0.15, -0.1) is 0 Å². The molecule has 0 radical (unpaired) electrons. The summed E-state index contributed by atoms with van der Waals surface area (Å²) in [5.41, 5.74) is 6.04. The number of halogens is 1. The number of hydrazone groups is 1. The van der Waals surface area contributed by atoms with Crippen LogP contribution >= 0.6 is 15.9 Å². The van der Waals surface area contributed by atoms with Gasteiger partial charge in [0.15, 0.2) is 0 Å². The number of carbonyl (C=O) groups is 3. The van der Waals surface area contributed by atoms with Crippen LogP contribution in [0.3, 0.4) is 0 Å². The maximum atomic E-state index is 12.9. The molecule has 4 aromatic carbocycles. The number of amides is 3. The molecule has 10 nitrogen and oxygen atoms in total. The predicted molar refractivity (Wildman–Crippen MR) is 168 cm³/mol. The first kappa shape index (κ1) is 29.0. The van der Waals surface area contributed by atoms with Crippen LogP contribution in [0.2, 0.25) is 0 Å². The number of benzene rings is 4. The molecule has 5 rings (SSSR count). The lowest BCUT2D eigenvalue weighted by atomic mass is 10.1. The van der Waals surface area contributed by atoms with E-state index in [0.29, 0.717) is 22.7 Å². The van der Waals surface area contributed by atoms with Crippen molar-refractivity contribution >= 4 is 51.2 Å². The molecule has 0 unspecified atom stereocenters. The van der Waals surface area contributed by atoms with Crippen LogP contribution in [-0.2, 0) is 9.59 Å². The summed E-state index contributed by atoms with van der Waals surface area (Å²) in [5, 5.41) is 14.0. The Morgan fingerprint density at radius 1 is 0.837 bits per heavy atom. The van der Waals surface area contributed by atoms with E-state index in [2.05, 4.69) is 37.1 Å². The Labute approximate surface area is 255 Å². The Balaban J connectivity index is 1.29. The third-order valence-electron chi connectivity index (χ3n) is 6.22. The second-order valence-electron chi connectivity index (χ2n) is 9.10. The molecule has 5 aromatic rings. The Morgan fingerprint density at radius 3 is 2.26 bits per heavy atom. The second-order valence-corrected chi connectivity index (χ2v) is 10.0. The number of methoxy groups -OCH3 is 1. The van der Waals surface area contributed by atoms with Gasteiger partial charge >= 0.3 is 11.8 Å². The van der Waals surface area contributed by atoms with Crippen molar-refractivity contribution in [1.82, 2.24) is 15.2 Å². The Morgan fingerprint density at radius 2 is 1.53 bits per heavy atom. The van der Waals surface area contributed by atoms with Crippen LogP contribution in [0.25, 0.3) is 16.9 Å². The van der Waals surface area contributed by atoms with Gasteiger partial charge in [-0.2, -0.15) is 10.2 Å². The van der Waals surface area contributed by atoms with E-state index < -0.39 is 17.7 Å². The van der Waals surface area contributed by atoms with Gasteiger partial charge in [0.25, 0.3) is 5.91 Å². The van der Waals surface area contributed by atoms with Gasteiger partial charge in [0.2, 0.25) is 0 Å². The molecular weight excluding hydrogens is 612 g/mol. The molecule has 0 spiro atoms. The number of nitrogens with one attached hydrogen (secondary N) is 3. The highest BCUT2D eigenvalue weighted by Crippen LogP contribution is 2.25. The SMILES string of the molecule is COc1ccc(-c2nn(-c3ccccc3)cc2/C=N/NC(=O)C(=O)Nc2ccccc2C(=O)Nc2ccc(Br)cc2)cc1. The fraction of sp³-hybridized carbons (Fsp3) is 0.0312. The van der Waals surface area contributed by atoms with Gasteiger partial charge in [-0.3, -0.25) is 14.4 Å². The minimum atomic E-state index is -1.01. The van der Waals surface area contributed by atoms with E-state index in [0.717, 1.165) is 15.7 Å². The summed E-state index contributed by atoms with van der Waals surface area (Å²) in [4.78, 5) is 38.2. The van der Waals surface area contributed by atoms with Crippen LogP contribution in [0, 0.1) is 0 Å². The van der Waals surface area contributed by atoms with Gasteiger partial charge in [0.1, 0.15) is 11.4 Å². The number of rotatable bonds is 8. The number of aromatic nitrogens is 2. The lowest BCUT2D eigenvalue weighted by molar-refractivity contribution is -0.136. The first-order chi connectivity index (χ1) is 20.9. The number of ether oxygens (including phenoxy) is 1. The van der Waals surface area contributed by atoms with Gasteiger partial charge in [0, 0.05) is 27.5 Å². The largest absolute Gasteiger partial charge is 0.497 e. The molecule has 11 heteroatoms. The Kier molecular flexibility index (Phi) is 9.03. The molecular formula is C32H25BrN6O4. The molecule has 214 valence electrons. The second kappa shape index (κ2) is 13.4. The minimum absolute atomic E-state index is 0.173. The average Bonchev–Trinajstić information content (AvgIpc) is 3.47. The standard InChI is InChI=1S/C32H25BrN6O4/c1-43-26-17-11-21(12-18-26)29-22(20-39(38-29)25-7-3-2-4-8-25)19-34-37-32(42)31(41)36-28-10-6-5-9-27(28)30(40)35-24-15-13-23(33)14-16-24/h2-20H,1H3,(H,35,40)(H,36,41)(H,37,42)/b34-19+. The van der Waals surface area contributed by atoms with E-state index >= 15 is 0 Å². The highest BCUT2D eigenvalue weighted by molar-refractivity contribution is 9.10. The molecule has 0 atom stereocenters. The Bertz CT molecular complexity index is 1790. The smallest absolute Gasteiger partial charge is 0.329 e. The Hall–Kier alpha value is -5.55. The maximum absolute atomic E-state index is 12.9. The van der Waals surface area contributed by atoms with E-state index in [1.54, 1.807) is 60.5 Å². The van der Waals surface area contributed by atoms with Crippen molar-refractivity contribution < 1.29 is 19.1 Å². The van der Waals surface area contributed by atoms with Crippen molar-refractivity contribution in [3.05, 3.63) is 125 Å². The van der Waals surface area contributed by atoms with E-state index in [9.17, 15) is 14.4 Å². The van der Waals surface area contributed by atoms with Gasteiger partial charge in [-0.05, 0) is 72.8 Å². The molecule has 0 saturated heterocycles. The molecule has 0 saturated carbocycles. The molecule has 1 heterocycles. The maximum Gasteiger partial charge on any atom is 0.329 e. The number of nitrogens with zero attached hydrogens (tertiary/aromatic N) is 3. The van der Waals surface area contributed by atoms with Gasteiger partial charge in [0.05, 0.1) is 30.3 Å². The highest BCUT2D eigenvalue weighted by atomic mass is 79.9. The lowest BCUT2D eigenvalue weighted by Crippen LogP contribution is -2.33. The molecule has 0 aliphatic carbocycles. The van der Waals surface area contributed by atoms with Gasteiger partial charge < -0.3 is 15.4 Å². The summed E-state index contributed by atoms with van der Waals surface area (Å²) < 4.78 is 7.83. The summed E-state index contributed by atoms with van der Waals surface area (Å²) >= 11 is 3.35. The zero-order chi connectivity index (χ0) is 30.2.